The molecule has 0 aromatic heterocycles. The van der Waals surface area contributed by atoms with Gasteiger partial charge in [0.25, 0.3) is 0 Å². The molecule has 1 aliphatic carbocycles. The number of rotatable bonds is 7. The molecule has 0 bridgehead atoms. The molecule has 1 saturated heterocycles. The van der Waals surface area contributed by atoms with Crippen LogP contribution >= 0.6 is 0 Å². The van der Waals surface area contributed by atoms with Crippen molar-refractivity contribution >= 4 is 11.5 Å². The fourth-order valence-corrected chi connectivity index (χ4v) is 5.42. The van der Waals surface area contributed by atoms with E-state index in [1.165, 1.54) is 11.1 Å². The molecule has 2 atom stereocenters. The SMILES string of the molecule is C=C(CN1CC[C@@H]2Cc3c(C4=NCC(c5ccc(OC(C)C)c(C#N)c5)=N4)cccc3[C@@H]21)N=O. The van der Waals surface area contributed by atoms with Crippen LogP contribution in [0.25, 0.3) is 0 Å². The third-order valence-electron chi connectivity index (χ3n) is 6.80. The van der Waals surface area contributed by atoms with Gasteiger partial charge in [0.05, 0.1) is 29.6 Å². The topological polar surface area (TPSA) is 90.4 Å². The summed E-state index contributed by atoms with van der Waals surface area (Å²) in [7, 11) is 0. The Morgan fingerprint density at radius 2 is 2.21 bits per heavy atom. The van der Waals surface area contributed by atoms with E-state index in [0.29, 0.717) is 36.0 Å². The van der Waals surface area contributed by atoms with E-state index in [9.17, 15) is 10.2 Å². The minimum Gasteiger partial charge on any atom is -0.490 e. The quantitative estimate of drug-likeness (QED) is 0.564. The predicted octanol–water partition coefficient (Wildman–Crippen LogP) is 4.79. The number of aliphatic imine (C=N–C) groups is 2. The van der Waals surface area contributed by atoms with Gasteiger partial charge in [0.1, 0.15) is 11.8 Å². The molecule has 2 heterocycles. The largest absolute Gasteiger partial charge is 0.490 e. The summed E-state index contributed by atoms with van der Waals surface area (Å²) in [6, 6.07) is 14.5. The molecule has 7 heteroatoms. The number of hydrogen-bond acceptors (Lipinski definition) is 7. The first-order valence-corrected chi connectivity index (χ1v) is 11.7. The molecule has 2 aromatic carbocycles. The smallest absolute Gasteiger partial charge is 0.155 e. The molecule has 7 nitrogen and oxygen atoms in total. The number of amidine groups is 1. The molecule has 0 spiro atoms. The number of ether oxygens (including phenoxy) is 1. The van der Waals surface area contributed by atoms with E-state index >= 15 is 0 Å². The lowest BCUT2D eigenvalue weighted by Gasteiger charge is -2.24. The standard InChI is InChI=1S/C27H27N5O2/c1-16(2)34-25-8-7-18(11-20(25)13-28)24-14-29-27(30-24)22-6-4-5-21-23(22)12-19-9-10-32(26(19)21)15-17(3)31-33/h4-8,11,16,19,26H,3,9-10,12,14-15H2,1-2H3/t19-,26-/m1/s1. The van der Waals surface area contributed by atoms with E-state index in [-0.39, 0.29) is 12.1 Å². The fourth-order valence-electron chi connectivity index (χ4n) is 5.42. The molecule has 2 aliphatic heterocycles. The average molecular weight is 454 g/mol. The number of fused-ring (bicyclic) bond motifs is 3. The lowest BCUT2D eigenvalue weighted by Crippen LogP contribution is -2.25. The van der Waals surface area contributed by atoms with Crippen LogP contribution in [0.15, 0.2) is 63.8 Å². The van der Waals surface area contributed by atoms with Crippen molar-refractivity contribution < 1.29 is 4.74 Å². The summed E-state index contributed by atoms with van der Waals surface area (Å²) in [5, 5.41) is 12.6. The first kappa shape index (κ1) is 22.2. The first-order chi connectivity index (χ1) is 16.5. The van der Waals surface area contributed by atoms with Crippen molar-refractivity contribution in [3.05, 3.63) is 81.4 Å². The van der Waals surface area contributed by atoms with Gasteiger partial charge in [-0.2, -0.15) is 5.26 Å². The molecule has 0 saturated carbocycles. The van der Waals surface area contributed by atoms with Gasteiger partial charge in [-0.25, -0.2) is 4.99 Å². The fraction of sp³-hybridized carbons (Fsp3) is 0.370. The molecule has 0 amide bonds. The van der Waals surface area contributed by atoms with Crippen LogP contribution in [0.1, 0.15) is 54.1 Å². The Morgan fingerprint density at radius 1 is 1.35 bits per heavy atom. The Hall–Kier alpha value is -3.63. The monoisotopic (exact) mass is 453 g/mol. The number of nitrogens with zero attached hydrogens (tertiary/aromatic N) is 5. The highest BCUT2D eigenvalue weighted by Gasteiger charge is 2.42. The van der Waals surface area contributed by atoms with E-state index in [1.807, 2.05) is 32.0 Å². The zero-order chi connectivity index (χ0) is 23.8. The van der Waals surface area contributed by atoms with E-state index in [1.54, 1.807) is 0 Å². The van der Waals surface area contributed by atoms with Crippen molar-refractivity contribution in [2.24, 2.45) is 21.1 Å². The molecule has 2 aromatic rings. The van der Waals surface area contributed by atoms with Crippen LogP contribution in [0.4, 0.5) is 0 Å². The summed E-state index contributed by atoms with van der Waals surface area (Å²) in [6.07, 6.45) is 2.07. The van der Waals surface area contributed by atoms with Gasteiger partial charge in [-0.3, -0.25) is 9.89 Å². The Balaban J connectivity index is 1.42. The number of nitriles is 1. The third-order valence-corrected chi connectivity index (χ3v) is 6.80. The van der Waals surface area contributed by atoms with Crippen LogP contribution in [0.5, 0.6) is 5.75 Å². The molecular formula is C27H27N5O2. The summed E-state index contributed by atoms with van der Waals surface area (Å²) >= 11 is 0. The maximum atomic E-state index is 10.9. The molecule has 0 radical (unpaired) electrons. The summed E-state index contributed by atoms with van der Waals surface area (Å²) in [5.74, 6) is 1.86. The number of benzene rings is 2. The molecule has 5 rings (SSSR count). The first-order valence-electron chi connectivity index (χ1n) is 11.7. The Morgan fingerprint density at radius 3 is 2.97 bits per heavy atom. The highest BCUT2D eigenvalue weighted by atomic mass is 16.5. The van der Waals surface area contributed by atoms with Crippen LogP contribution in [0.3, 0.4) is 0 Å². The van der Waals surface area contributed by atoms with Crippen molar-refractivity contribution in [2.75, 3.05) is 19.6 Å². The zero-order valence-corrected chi connectivity index (χ0v) is 19.5. The van der Waals surface area contributed by atoms with E-state index in [2.05, 4.69) is 40.9 Å². The number of likely N-dealkylation sites (tertiary alicyclic amines) is 1. The van der Waals surface area contributed by atoms with Crippen LogP contribution in [0, 0.1) is 22.2 Å². The summed E-state index contributed by atoms with van der Waals surface area (Å²) < 4.78 is 5.75. The maximum Gasteiger partial charge on any atom is 0.155 e. The Kier molecular flexibility index (Phi) is 5.84. The molecule has 172 valence electrons. The van der Waals surface area contributed by atoms with Gasteiger partial charge in [0.15, 0.2) is 5.84 Å². The Bertz CT molecular complexity index is 1270. The number of hydrogen-bond donors (Lipinski definition) is 0. The highest BCUT2D eigenvalue weighted by Crippen LogP contribution is 2.47. The third kappa shape index (κ3) is 3.95. The maximum absolute atomic E-state index is 10.9. The second-order valence-corrected chi connectivity index (χ2v) is 9.39. The molecule has 3 aliphatic rings. The second kappa shape index (κ2) is 8.96. The van der Waals surface area contributed by atoms with Crippen molar-refractivity contribution in [1.82, 2.24) is 4.90 Å². The molecule has 0 N–H and O–H groups in total. The van der Waals surface area contributed by atoms with E-state index < -0.39 is 0 Å². The van der Waals surface area contributed by atoms with Gasteiger partial charge in [-0.05, 0) is 79.2 Å². The molecule has 0 unspecified atom stereocenters. The van der Waals surface area contributed by atoms with Gasteiger partial charge < -0.3 is 4.74 Å². The van der Waals surface area contributed by atoms with Gasteiger partial charge in [0.2, 0.25) is 0 Å². The van der Waals surface area contributed by atoms with Crippen molar-refractivity contribution in [3.8, 4) is 11.8 Å². The predicted molar refractivity (Wildman–Crippen MR) is 132 cm³/mol. The average Bonchev–Trinajstić information content (AvgIpc) is 3.55. The molecule has 1 fully saturated rings. The van der Waals surface area contributed by atoms with Crippen molar-refractivity contribution in [2.45, 2.75) is 38.8 Å². The van der Waals surface area contributed by atoms with Gasteiger partial charge in [-0.15, -0.1) is 4.91 Å². The minimum atomic E-state index is 0.0000641. The van der Waals surface area contributed by atoms with Gasteiger partial charge >= 0.3 is 0 Å². The Labute approximate surface area is 199 Å². The van der Waals surface area contributed by atoms with Crippen molar-refractivity contribution in [1.29, 1.82) is 5.26 Å². The number of nitroso groups, excluding NO2 is 1. The molecular weight excluding hydrogens is 426 g/mol. The summed E-state index contributed by atoms with van der Waals surface area (Å²) in [4.78, 5) is 22.8. The van der Waals surface area contributed by atoms with Crippen LogP contribution in [-0.4, -0.2) is 42.2 Å². The second-order valence-electron chi connectivity index (χ2n) is 9.39. The summed E-state index contributed by atoms with van der Waals surface area (Å²) in [6.45, 7) is 9.60. The minimum absolute atomic E-state index is 0.0000641. The van der Waals surface area contributed by atoms with Crippen LogP contribution in [-0.2, 0) is 6.42 Å². The zero-order valence-electron chi connectivity index (χ0n) is 19.5. The highest BCUT2D eigenvalue weighted by molar-refractivity contribution is 6.17. The lowest BCUT2D eigenvalue weighted by atomic mass is 10.0. The normalized spacial score (nSPS) is 21.0. The van der Waals surface area contributed by atoms with E-state index in [4.69, 9.17) is 14.7 Å². The lowest BCUT2D eigenvalue weighted by molar-refractivity contribution is 0.241. The van der Waals surface area contributed by atoms with Crippen LogP contribution < -0.4 is 4.74 Å². The van der Waals surface area contributed by atoms with Crippen LogP contribution in [0.2, 0.25) is 0 Å². The summed E-state index contributed by atoms with van der Waals surface area (Å²) in [5.41, 5.74) is 6.30. The van der Waals surface area contributed by atoms with E-state index in [0.717, 1.165) is 42.1 Å². The molecule has 34 heavy (non-hydrogen) atoms. The van der Waals surface area contributed by atoms with Crippen molar-refractivity contribution in [3.63, 3.8) is 0 Å². The van der Waals surface area contributed by atoms with Gasteiger partial charge in [-0.1, -0.05) is 24.8 Å². The van der Waals surface area contributed by atoms with Gasteiger partial charge in [0, 0.05) is 18.2 Å².